The molecule has 2 aliphatic carbocycles. The predicted octanol–water partition coefficient (Wildman–Crippen LogP) is 0.824. The molecule has 0 aliphatic heterocycles. The van der Waals surface area contributed by atoms with Gasteiger partial charge in [-0.05, 0) is 31.7 Å². The van der Waals surface area contributed by atoms with Gasteiger partial charge in [-0.1, -0.05) is 0 Å². The maximum Gasteiger partial charge on any atom is 0.272 e. The van der Waals surface area contributed by atoms with Gasteiger partial charge in [0.05, 0.1) is 0 Å². The minimum absolute atomic E-state index is 0.0850. The summed E-state index contributed by atoms with van der Waals surface area (Å²) in [6.45, 7) is -0.0850. The van der Waals surface area contributed by atoms with Crippen molar-refractivity contribution < 1.29 is 9.90 Å². The van der Waals surface area contributed by atoms with Crippen molar-refractivity contribution in [3.63, 3.8) is 0 Å². The first kappa shape index (κ1) is 15.4. The fourth-order valence-corrected chi connectivity index (χ4v) is 3.60. The Morgan fingerprint density at radius 2 is 2.15 bits per heavy atom. The lowest BCUT2D eigenvalue weighted by molar-refractivity contribution is 0.0901. The maximum atomic E-state index is 12.4. The smallest absolute Gasteiger partial charge is 0.272 e. The molecule has 2 fully saturated rings. The lowest BCUT2D eigenvalue weighted by atomic mass is 9.79. The van der Waals surface area contributed by atoms with Crippen molar-refractivity contribution in [2.75, 3.05) is 0 Å². The monoisotopic (exact) mass is 353 g/mol. The van der Waals surface area contributed by atoms with Crippen LogP contribution in [-0.4, -0.2) is 46.4 Å². The second kappa shape index (κ2) is 5.87. The Labute approximate surface area is 149 Å². The number of aromatic nitrogens is 6. The van der Waals surface area contributed by atoms with Gasteiger partial charge >= 0.3 is 0 Å². The Balaban J connectivity index is 1.25. The zero-order valence-electron chi connectivity index (χ0n) is 14.1. The quantitative estimate of drug-likeness (QED) is 0.703. The number of hydrogen-bond donors (Lipinski definition) is 2. The number of amides is 1. The number of fused-ring (bicyclic) bond motifs is 1. The van der Waals surface area contributed by atoms with Gasteiger partial charge in [-0.15, -0.1) is 10.2 Å². The standard InChI is InChI=1S/C17H19N7O2/c25-9-15-20-21-16(24(15)12-2-3-12)10-6-11(7-10)19-17(26)13-8-14-18-4-1-5-23(14)22-13/h1,4-5,8,10-12,25H,2-3,6-7,9H2,(H,19,26). The SMILES string of the molecule is O=C(NC1CC(c2nnc(CO)n2C2CC2)C1)c1cc2ncccn2n1. The van der Waals surface area contributed by atoms with Gasteiger partial charge in [0, 0.05) is 36.5 Å². The van der Waals surface area contributed by atoms with E-state index in [1.165, 1.54) is 0 Å². The highest BCUT2D eigenvalue weighted by Gasteiger charge is 2.38. The number of nitrogens with one attached hydrogen (secondary N) is 1. The molecule has 0 saturated heterocycles. The summed E-state index contributed by atoms with van der Waals surface area (Å²) in [5, 5.41) is 25.1. The third-order valence-corrected chi connectivity index (χ3v) is 5.15. The molecule has 2 aliphatic rings. The zero-order valence-corrected chi connectivity index (χ0v) is 14.1. The third-order valence-electron chi connectivity index (χ3n) is 5.15. The summed E-state index contributed by atoms with van der Waals surface area (Å²) < 4.78 is 3.68. The van der Waals surface area contributed by atoms with Crippen molar-refractivity contribution in [1.29, 1.82) is 0 Å². The van der Waals surface area contributed by atoms with Crippen LogP contribution in [0.1, 0.15) is 59.8 Å². The molecule has 0 spiro atoms. The van der Waals surface area contributed by atoms with E-state index in [1.807, 2.05) is 0 Å². The Hall–Kier alpha value is -2.81. The number of nitrogens with zero attached hydrogens (tertiary/aromatic N) is 6. The molecule has 3 aromatic rings. The second-order valence-electron chi connectivity index (χ2n) is 7.02. The van der Waals surface area contributed by atoms with E-state index in [1.54, 1.807) is 29.0 Å². The lowest BCUT2D eigenvalue weighted by Gasteiger charge is -2.35. The topological polar surface area (TPSA) is 110 Å². The molecule has 2 N–H and O–H groups in total. The first-order valence-corrected chi connectivity index (χ1v) is 8.88. The van der Waals surface area contributed by atoms with Crippen LogP contribution in [0.3, 0.4) is 0 Å². The summed E-state index contributed by atoms with van der Waals surface area (Å²) in [5.74, 6) is 1.68. The summed E-state index contributed by atoms with van der Waals surface area (Å²) in [7, 11) is 0. The number of carbonyl (C=O) groups is 1. The van der Waals surface area contributed by atoms with Gasteiger partial charge in [-0.3, -0.25) is 4.79 Å². The molecule has 26 heavy (non-hydrogen) atoms. The van der Waals surface area contributed by atoms with Gasteiger partial charge in [0.1, 0.15) is 12.4 Å². The van der Waals surface area contributed by atoms with Crippen molar-refractivity contribution in [3.05, 3.63) is 41.9 Å². The fourth-order valence-electron chi connectivity index (χ4n) is 3.60. The van der Waals surface area contributed by atoms with Gasteiger partial charge in [-0.25, -0.2) is 9.50 Å². The molecule has 9 heteroatoms. The molecule has 9 nitrogen and oxygen atoms in total. The number of aliphatic hydroxyl groups is 1. The Morgan fingerprint density at radius 1 is 1.31 bits per heavy atom. The summed E-state index contributed by atoms with van der Waals surface area (Å²) in [6.07, 6.45) is 7.33. The third kappa shape index (κ3) is 2.55. The van der Waals surface area contributed by atoms with E-state index in [0.717, 1.165) is 31.5 Å². The van der Waals surface area contributed by atoms with Gasteiger partial charge in [0.2, 0.25) is 0 Å². The molecule has 5 rings (SSSR count). The van der Waals surface area contributed by atoms with Crippen LogP contribution >= 0.6 is 0 Å². The summed E-state index contributed by atoms with van der Waals surface area (Å²) in [6, 6.07) is 3.99. The average molecular weight is 353 g/mol. The molecule has 134 valence electrons. The molecular formula is C17H19N7O2. The molecule has 0 aromatic carbocycles. The summed E-state index contributed by atoms with van der Waals surface area (Å²) in [5.41, 5.74) is 1.02. The molecule has 1 amide bonds. The second-order valence-corrected chi connectivity index (χ2v) is 7.02. The van der Waals surface area contributed by atoms with Crippen molar-refractivity contribution in [2.24, 2.45) is 0 Å². The summed E-state index contributed by atoms with van der Waals surface area (Å²) in [4.78, 5) is 16.6. The van der Waals surface area contributed by atoms with Gasteiger partial charge in [0.15, 0.2) is 17.2 Å². The minimum Gasteiger partial charge on any atom is -0.388 e. The van der Waals surface area contributed by atoms with E-state index in [-0.39, 0.29) is 24.5 Å². The van der Waals surface area contributed by atoms with Crippen LogP contribution in [0.2, 0.25) is 0 Å². The van der Waals surface area contributed by atoms with E-state index in [2.05, 4.69) is 30.2 Å². The first-order valence-electron chi connectivity index (χ1n) is 8.88. The van der Waals surface area contributed by atoms with Crippen LogP contribution in [-0.2, 0) is 6.61 Å². The Morgan fingerprint density at radius 3 is 2.88 bits per heavy atom. The largest absolute Gasteiger partial charge is 0.388 e. The van der Waals surface area contributed by atoms with Crippen LogP contribution in [0.15, 0.2) is 24.5 Å². The highest BCUT2D eigenvalue weighted by Crippen LogP contribution is 2.42. The van der Waals surface area contributed by atoms with Gasteiger partial charge in [-0.2, -0.15) is 5.10 Å². The molecule has 0 unspecified atom stereocenters. The molecular weight excluding hydrogens is 334 g/mol. The molecule has 0 radical (unpaired) electrons. The highest BCUT2D eigenvalue weighted by molar-refractivity contribution is 5.93. The van der Waals surface area contributed by atoms with Crippen molar-refractivity contribution >= 4 is 11.6 Å². The van der Waals surface area contributed by atoms with Gasteiger partial charge < -0.3 is 15.0 Å². The minimum atomic E-state index is -0.182. The van der Waals surface area contributed by atoms with E-state index in [0.29, 0.717) is 23.2 Å². The lowest BCUT2D eigenvalue weighted by Crippen LogP contribution is -2.44. The zero-order chi connectivity index (χ0) is 17.7. The molecule has 3 aromatic heterocycles. The Kier molecular flexibility index (Phi) is 3.49. The van der Waals surface area contributed by atoms with Crippen LogP contribution in [0.25, 0.3) is 5.65 Å². The molecule has 3 heterocycles. The van der Waals surface area contributed by atoms with E-state index < -0.39 is 0 Å². The van der Waals surface area contributed by atoms with Crippen molar-refractivity contribution in [3.8, 4) is 0 Å². The summed E-state index contributed by atoms with van der Waals surface area (Å²) >= 11 is 0. The van der Waals surface area contributed by atoms with Crippen molar-refractivity contribution in [1.82, 2.24) is 34.7 Å². The fraction of sp³-hybridized carbons (Fsp3) is 0.471. The van der Waals surface area contributed by atoms with Crippen LogP contribution in [0.5, 0.6) is 0 Å². The normalized spacial score (nSPS) is 22.3. The Bertz CT molecular complexity index is 936. The van der Waals surface area contributed by atoms with Crippen molar-refractivity contribution in [2.45, 2.75) is 50.3 Å². The van der Waals surface area contributed by atoms with E-state index in [9.17, 15) is 9.90 Å². The number of hydrogen-bond acceptors (Lipinski definition) is 6. The van der Waals surface area contributed by atoms with Crippen LogP contribution in [0.4, 0.5) is 0 Å². The van der Waals surface area contributed by atoms with Crippen LogP contribution in [0, 0.1) is 0 Å². The van der Waals surface area contributed by atoms with E-state index in [4.69, 9.17) is 0 Å². The average Bonchev–Trinajstić information content (AvgIpc) is 3.22. The molecule has 2 saturated carbocycles. The number of carbonyl (C=O) groups excluding carboxylic acids is 1. The van der Waals surface area contributed by atoms with E-state index >= 15 is 0 Å². The maximum absolute atomic E-state index is 12.4. The molecule has 0 bridgehead atoms. The number of rotatable bonds is 5. The van der Waals surface area contributed by atoms with Crippen LogP contribution < -0.4 is 5.32 Å². The predicted molar refractivity (Wildman–Crippen MR) is 90.4 cm³/mol. The first-order chi connectivity index (χ1) is 12.7. The highest BCUT2D eigenvalue weighted by atomic mass is 16.3. The molecule has 0 atom stereocenters. The van der Waals surface area contributed by atoms with Gasteiger partial charge in [0.25, 0.3) is 5.91 Å². The number of aliphatic hydroxyl groups excluding tert-OH is 1.